The summed E-state index contributed by atoms with van der Waals surface area (Å²) in [7, 11) is 0. The molecule has 0 unspecified atom stereocenters. The van der Waals surface area contributed by atoms with E-state index in [4.69, 9.17) is 16.3 Å². The molecule has 142 valence electrons. The van der Waals surface area contributed by atoms with Crippen molar-refractivity contribution in [3.63, 3.8) is 0 Å². The number of halogens is 4. The molecule has 2 heterocycles. The lowest BCUT2D eigenvalue weighted by molar-refractivity contribution is -0.140. The molecule has 1 amide bonds. The van der Waals surface area contributed by atoms with E-state index in [1.165, 1.54) is 23.9 Å². The first kappa shape index (κ1) is 18.8. The lowest BCUT2D eigenvalue weighted by Gasteiger charge is -2.08. The van der Waals surface area contributed by atoms with Gasteiger partial charge in [-0.15, -0.1) is 0 Å². The van der Waals surface area contributed by atoms with E-state index in [2.05, 4.69) is 20.6 Å². The van der Waals surface area contributed by atoms with E-state index >= 15 is 0 Å². The fraction of sp³-hybridized carbons (Fsp3) is 0.188. The standard InChI is InChI=1S/C16H13ClF3N5O2/c1-9-13(14(23-22-9)16(18,19)20)21-15(26)12-6-7-25(24-12)8-27-11-4-2-10(17)3-5-11/h2-7H,8H2,1H3,(H,21,26)(H,22,23). The maximum Gasteiger partial charge on any atom is 0.437 e. The highest BCUT2D eigenvalue weighted by atomic mass is 35.5. The van der Waals surface area contributed by atoms with E-state index in [0.29, 0.717) is 10.8 Å². The average Bonchev–Trinajstić information content (AvgIpc) is 3.21. The third-order valence-corrected chi connectivity index (χ3v) is 3.76. The average molecular weight is 400 g/mol. The normalized spacial score (nSPS) is 11.4. The van der Waals surface area contributed by atoms with Crippen molar-refractivity contribution in [2.45, 2.75) is 19.8 Å². The molecule has 0 aliphatic heterocycles. The zero-order valence-corrected chi connectivity index (χ0v) is 14.6. The minimum atomic E-state index is -4.70. The van der Waals surface area contributed by atoms with Crippen LogP contribution < -0.4 is 10.1 Å². The molecule has 2 aromatic heterocycles. The topological polar surface area (TPSA) is 84.8 Å². The minimum absolute atomic E-state index is 0.00739. The Labute approximate surface area is 156 Å². The molecule has 0 aliphatic carbocycles. The summed E-state index contributed by atoms with van der Waals surface area (Å²) in [6, 6.07) is 8.01. The number of anilines is 1. The summed E-state index contributed by atoms with van der Waals surface area (Å²) in [5.41, 5.74) is -1.61. The SMILES string of the molecule is Cc1[nH]nc(C(F)(F)F)c1NC(=O)c1ccn(COc2ccc(Cl)cc2)n1. The summed E-state index contributed by atoms with van der Waals surface area (Å²) >= 11 is 5.78. The van der Waals surface area contributed by atoms with Crippen LogP contribution in [0.4, 0.5) is 18.9 Å². The van der Waals surface area contributed by atoms with Crippen molar-refractivity contribution in [3.8, 4) is 5.75 Å². The first-order valence-corrected chi connectivity index (χ1v) is 7.97. The van der Waals surface area contributed by atoms with Gasteiger partial charge in [-0.1, -0.05) is 11.6 Å². The van der Waals surface area contributed by atoms with Crippen molar-refractivity contribution in [2.75, 3.05) is 5.32 Å². The number of rotatable bonds is 5. The maximum absolute atomic E-state index is 12.9. The van der Waals surface area contributed by atoms with Crippen LogP contribution in [0.25, 0.3) is 0 Å². The molecule has 0 saturated heterocycles. The van der Waals surface area contributed by atoms with Gasteiger partial charge in [0.15, 0.2) is 18.1 Å². The molecule has 3 aromatic rings. The van der Waals surface area contributed by atoms with Gasteiger partial charge in [0.25, 0.3) is 5.91 Å². The summed E-state index contributed by atoms with van der Waals surface area (Å²) < 4.78 is 45.6. The van der Waals surface area contributed by atoms with Gasteiger partial charge in [0, 0.05) is 11.2 Å². The van der Waals surface area contributed by atoms with Crippen LogP contribution in [0.3, 0.4) is 0 Å². The number of aryl methyl sites for hydroxylation is 1. The van der Waals surface area contributed by atoms with Crippen LogP contribution in [0, 0.1) is 6.92 Å². The van der Waals surface area contributed by atoms with Gasteiger partial charge >= 0.3 is 6.18 Å². The molecule has 0 fully saturated rings. The quantitative estimate of drug-likeness (QED) is 0.682. The second-order valence-electron chi connectivity index (χ2n) is 5.49. The van der Waals surface area contributed by atoms with E-state index in [9.17, 15) is 18.0 Å². The van der Waals surface area contributed by atoms with Crippen LogP contribution in [-0.2, 0) is 12.9 Å². The molecule has 0 radical (unpaired) electrons. The van der Waals surface area contributed by atoms with Crippen molar-refractivity contribution >= 4 is 23.2 Å². The maximum atomic E-state index is 12.9. The van der Waals surface area contributed by atoms with E-state index in [0.717, 1.165) is 0 Å². The predicted molar refractivity (Wildman–Crippen MR) is 90.6 cm³/mol. The molecule has 0 saturated carbocycles. The smallest absolute Gasteiger partial charge is 0.437 e. The number of aromatic nitrogens is 4. The highest BCUT2D eigenvalue weighted by Crippen LogP contribution is 2.34. The molecule has 0 atom stereocenters. The van der Waals surface area contributed by atoms with Gasteiger partial charge in [-0.2, -0.15) is 23.4 Å². The lowest BCUT2D eigenvalue weighted by Crippen LogP contribution is -2.17. The molecule has 11 heteroatoms. The molecule has 3 rings (SSSR count). The number of hydrogen-bond donors (Lipinski definition) is 2. The fourth-order valence-corrected chi connectivity index (χ4v) is 2.32. The molecule has 2 N–H and O–H groups in total. The Morgan fingerprint density at radius 1 is 1.30 bits per heavy atom. The number of amides is 1. The largest absolute Gasteiger partial charge is 0.471 e. The molecule has 0 bridgehead atoms. The van der Waals surface area contributed by atoms with E-state index in [1.54, 1.807) is 24.3 Å². The Morgan fingerprint density at radius 2 is 2.00 bits per heavy atom. The van der Waals surface area contributed by atoms with Crippen molar-refractivity contribution in [1.29, 1.82) is 0 Å². The van der Waals surface area contributed by atoms with Crippen LogP contribution in [0.15, 0.2) is 36.5 Å². The zero-order chi connectivity index (χ0) is 19.6. The van der Waals surface area contributed by atoms with Gasteiger partial charge in [0.05, 0.1) is 11.4 Å². The summed E-state index contributed by atoms with van der Waals surface area (Å²) in [5, 5.41) is 12.1. The Morgan fingerprint density at radius 3 is 2.67 bits per heavy atom. The van der Waals surface area contributed by atoms with Crippen molar-refractivity contribution in [3.05, 3.63) is 58.6 Å². The van der Waals surface area contributed by atoms with Gasteiger partial charge in [-0.3, -0.25) is 9.89 Å². The number of carbonyl (C=O) groups is 1. The summed E-state index contributed by atoms with van der Waals surface area (Å²) in [6.07, 6.45) is -3.23. The summed E-state index contributed by atoms with van der Waals surface area (Å²) in [5.74, 6) is -0.250. The highest BCUT2D eigenvalue weighted by molar-refractivity contribution is 6.30. The Bertz CT molecular complexity index is 950. The van der Waals surface area contributed by atoms with E-state index in [1.807, 2.05) is 0 Å². The lowest BCUT2D eigenvalue weighted by atomic mass is 10.2. The first-order valence-electron chi connectivity index (χ1n) is 7.59. The van der Waals surface area contributed by atoms with E-state index < -0.39 is 23.5 Å². The number of nitrogens with zero attached hydrogens (tertiary/aromatic N) is 3. The van der Waals surface area contributed by atoms with Crippen LogP contribution in [-0.4, -0.2) is 25.9 Å². The second-order valence-corrected chi connectivity index (χ2v) is 5.93. The second kappa shape index (κ2) is 7.31. The summed E-state index contributed by atoms with van der Waals surface area (Å²) in [4.78, 5) is 12.2. The number of benzene rings is 1. The van der Waals surface area contributed by atoms with Gasteiger partial charge in [0.2, 0.25) is 0 Å². The van der Waals surface area contributed by atoms with Crippen molar-refractivity contribution < 1.29 is 22.7 Å². The van der Waals surface area contributed by atoms with Gasteiger partial charge in [-0.25, -0.2) is 4.68 Å². The van der Waals surface area contributed by atoms with Gasteiger partial charge in [-0.05, 0) is 37.3 Å². The number of aromatic amines is 1. The minimum Gasteiger partial charge on any atom is -0.471 e. The Hall–Kier alpha value is -3.01. The van der Waals surface area contributed by atoms with E-state index in [-0.39, 0.29) is 18.1 Å². The number of ether oxygens (including phenoxy) is 1. The molecule has 7 nitrogen and oxygen atoms in total. The zero-order valence-electron chi connectivity index (χ0n) is 13.8. The highest BCUT2D eigenvalue weighted by Gasteiger charge is 2.38. The Kier molecular flexibility index (Phi) is 5.08. The molecule has 0 aliphatic rings. The monoisotopic (exact) mass is 399 g/mol. The third-order valence-electron chi connectivity index (χ3n) is 3.50. The number of carbonyl (C=O) groups excluding carboxylic acids is 1. The van der Waals surface area contributed by atoms with Crippen LogP contribution >= 0.6 is 11.6 Å². The molecule has 0 spiro atoms. The third kappa shape index (κ3) is 4.40. The van der Waals surface area contributed by atoms with Crippen molar-refractivity contribution in [2.24, 2.45) is 0 Å². The van der Waals surface area contributed by atoms with Gasteiger partial charge < -0.3 is 10.1 Å². The predicted octanol–water partition coefficient (Wildman–Crippen LogP) is 3.88. The number of alkyl halides is 3. The fourth-order valence-electron chi connectivity index (χ4n) is 2.19. The van der Waals surface area contributed by atoms with Crippen LogP contribution in [0.5, 0.6) is 5.75 Å². The summed E-state index contributed by atoms with van der Waals surface area (Å²) in [6.45, 7) is 1.38. The van der Waals surface area contributed by atoms with Crippen molar-refractivity contribution in [1.82, 2.24) is 20.0 Å². The molecule has 1 aromatic carbocycles. The molecule has 27 heavy (non-hydrogen) atoms. The number of nitrogens with one attached hydrogen (secondary N) is 2. The van der Waals surface area contributed by atoms with Crippen LogP contribution in [0.1, 0.15) is 21.9 Å². The van der Waals surface area contributed by atoms with Crippen LogP contribution in [0.2, 0.25) is 5.02 Å². The first-order chi connectivity index (χ1) is 12.7. The molecular formula is C16H13ClF3N5O2. The van der Waals surface area contributed by atoms with Gasteiger partial charge in [0.1, 0.15) is 5.75 Å². The number of hydrogen-bond acceptors (Lipinski definition) is 4. The number of H-pyrrole nitrogens is 1. The Balaban J connectivity index is 1.67. The molecular weight excluding hydrogens is 387 g/mol.